The van der Waals surface area contributed by atoms with Gasteiger partial charge in [0.2, 0.25) is 5.91 Å². The Morgan fingerprint density at radius 1 is 1.26 bits per heavy atom. The Balaban J connectivity index is 1.56. The van der Waals surface area contributed by atoms with Gasteiger partial charge in [-0.25, -0.2) is 9.37 Å². The van der Waals surface area contributed by atoms with Crippen LogP contribution in [-0.2, 0) is 17.1 Å². The standard InChI is InChI=1S/C22H18BrFN4O2S/c1-30-16-4-2-3-14(9-16)13-31-22-27-19-7-8-25-11-20(19)28(22)12-21(29)26-18-6-5-15(23)10-17(18)24/h2-11H,12-13H2,1H3,(H,26,29). The largest absolute Gasteiger partial charge is 0.497 e. The normalized spacial score (nSPS) is 10.9. The molecule has 0 bridgehead atoms. The van der Waals surface area contributed by atoms with Gasteiger partial charge in [0.1, 0.15) is 18.1 Å². The number of methoxy groups -OCH3 is 1. The van der Waals surface area contributed by atoms with Crippen LogP contribution < -0.4 is 10.1 Å². The quantitative estimate of drug-likeness (QED) is 0.350. The predicted octanol–water partition coefficient (Wildman–Crippen LogP) is 5.27. The monoisotopic (exact) mass is 500 g/mol. The molecule has 1 amide bonds. The lowest BCUT2D eigenvalue weighted by Gasteiger charge is -2.11. The number of carbonyl (C=O) groups is 1. The molecule has 2 heterocycles. The van der Waals surface area contributed by atoms with Gasteiger partial charge in [-0.05, 0) is 42.0 Å². The van der Waals surface area contributed by atoms with Gasteiger partial charge in [0.25, 0.3) is 0 Å². The van der Waals surface area contributed by atoms with Crippen LogP contribution in [0.1, 0.15) is 5.56 Å². The summed E-state index contributed by atoms with van der Waals surface area (Å²) >= 11 is 4.72. The Hall–Kier alpha value is -2.91. The predicted molar refractivity (Wildman–Crippen MR) is 123 cm³/mol. The molecule has 158 valence electrons. The molecule has 0 aliphatic rings. The molecule has 0 unspecified atom stereocenters. The molecule has 0 fully saturated rings. The van der Waals surface area contributed by atoms with Gasteiger partial charge in [0.05, 0.1) is 30.0 Å². The Kier molecular flexibility index (Phi) is 6.53. The zero-order valence-corrected chi connectivity index (χ0v) is 18.9. The van der Waals surface area contributed by atoms with E-state index in [2.05, 4.69) is 31.2 Å². The van der Waals surface area contributed by atoms with Crippen LogP contribution in [0, 0.1) is 5.82 Å². The summed E-state index contributed by atoms with van der Waals surface area (Å²) in [5.41, 5.74) is 2.68. The van der Waals surface area contributed by atoms with Crippen molar-refractivity contribution in [1.29, 1.82) is 0 Å². The molecule has 31 heavy (non-hydrogen) atoms. The summed E-state index contributed by atoms with van der Waals surface area (Å²) in [5, 5.41) is 3.30. The first-order valence-corrected chi connectivity index (χ1v) is 11.1. The summed E-state index contributed by atoms with van der Waals surface area (Å²) in [4.78, 5) is 21.5. The molecule has 6 nitrogen and oxygen atoms in total. The molecule has 0 spiro atoms. The third-order valence-electron chi connectivity index (χ3n) is 4.52. The number of carbonyl (C=O) groups excluding carboxylic acids is 1. The Labute approximate surface area is 191 Å². The molecule has 0 saturated carbocycles. The molecule has 0 aliphatic carbocycles. The van der Waals surface area contributed by atoms with Crippen molar-refractivity contribution in [3.63, 3.8) is 0 Å². The molecule has 9 heteroatoms. The Bertz CT molecular complexity index is 1250. The SMILES string of the molecule is COc1cccc(CSc2nc3ccncc3n2CC(=O)Nc2ccc(Br)cc2F)c1. The van der Waals surface area contributed by atoms with Crippen molar-refractivity contribution in [3.8, 4) is 5.75 Å². The summed E-state index contributed by atoms with van der Waals surface area (Å²) < 4.78 is 21.8. The summed E-state index contributed by atoms with van der Waals surface area (Å²) in [6.45, 7) is -0.0157. The van der Waals surface area contributed by atoms with Crippen molar-refractivity contribution in [2.75, 3.05) is 12.4 Å². The number of anilines is 1. The van der Waals surface area contributed by atoms with E-state index in [-0.39, 0.29) is 18.1 Å². The fourth-order valence-corrected chi connectivity index (χ4v) is 4.34. The molecular weight excluding hydrogens is 483 g/mol. The Morgan fingerprint density at radius 3 is 2.94 bits per heavy atom. The molecule has 0 radical (unpaired) electrons. The second-order valence-corrected chi connectivity index (χ2v) is 8.52. The first-order valence-electron chi connectivity index (χ1n) is 9.34. The second-order valence-electron chi connectivity index (χ2n) is 6.66. The van der Waals surface area contributed by atoms with Gasteiger partial charge < -0.3 is 14.6 Å². The minimum absolute atomic E-state index is 0.0157. The second kappa shape index (κ2) is 9.49. The molecule has 0 aliphatic heterocycles. The first-order chi connectivity index (χ1) is 15.0. The number of amides is 1. The minimum atomic E-state index is -0.507. The van der Waals surface area contributed by atoms with Crippen molar-refractivity contribution in [2.45, 2.75) is 17.5 Å². The summed E-state index contributed by atoms with van der Waals surface area (Å²) in [7, 11) is 1.63. The van der Waals surface area contributed by atoms with E-state index in [1.807, 2.05) is 24.3 Å². The number of hydrogen-bond acceptors (Lipinski definition) is 5. The number of benzene rings is 2. The average Bonchev–Trinajstić information content (AvgIpc) is 3.12. The maximum atomic E-state index is 14.1. The van der Waals surface area contributed by atoms with E-state index in [4.69, 9.17) is 4.74 Å². The molecule has 2 aromatic heterocycles. The number of thioether (sulfide) groups is 1. The molecule has 0 saturated heterocycles. The zero-order chi connectivity index (χ0) is 21.8. The number of fused-ring (bicyclic) bond motifs is 1. The van der Waals surface area contributed by atoms with Gasteiger partial charge >= 0.3 is 0 Å². The van der Waals surface area contributed by atoms with Gasteiger partial charge in [0, 0.05) is 16.4 Å². The fraction of sp³-hybridized carbons (Fsp3) is 0.136. The lowest BCUT2D eigenvalue weighted by atomic mass is 10.2. The lowest BCUT2D eigenvalue weighted by Crippen LogP contribution is -2.20. The average molecular weight is 501 g/mol. The van der Waals surface area contributed by atoms with E-state index in [1.165, 1.54) is 23.9 Å². The number of aromatic nitrogens is 3. The van der Waals surface area contributed by atoms with Crippen LogP contribution in [0.4, 0.5) is 10.1 Å². The van der Waals surface area contributed by atoms with Crippen molar-refractivity contribution >= 4 is 50.3 Å². The van der Waals surface area contributed by atoms with E-state index in [1.54, 1.807) is 36.2 Å². The van der Waals surface area contributed by atoms with E-state index in [0.717, 1.165) is 22.3 Å². The van der Waals surface area contributed by atoms with Gasteiger partial charge in [0.15, 0.2) is 5.16 Å². The molecule has 1 N–H and O–H groups in total. The maximum absolute atomic E-state index is 14.1. The van der Waals surface area contributed by atoms with Crippen LogP contribution in [0.3, 0.4) is 0 Å². The molecule has 4 aromatic rings. The van der Waals surface area contributed by atoms with Crippen LogP contribution in [0.5, 0.6) is 5.75 Å². The summed E-state index contributed by atoms with van der Waals surface area (Å²) in [5.74, 6) is 0.573. The zero-order valence-electron chi connectivity index (χ0n) is 16.5. The topological polar surface area (TPSA) is 69.0 Å². The third kappa shape index (κ3) is 5.05. The number of rotatable bonds is 7. The molecule has 2 aromatic carbocycles. The number of ether oxygens (including phenoxy) is 1. The highest BCUT2D eigenvalue weighted by Crippen LogP contribution is 2.28. The van der Waals surface area contributed by atoms with Crippen LogP contribution in [0.15, 0.2) is 70.6 Å². The van der Waals surface area contributed by atoms with Crippen molar-refractivity contribution in [1.82, 2.24) is 14.5 Å². The fourth-order valence-electron chi connectivity index (χ4n) is 3.05. The highest BCUT2D eigenvalue weighted by Gasteiger charge is 2.16. The maximum Gasteiger partial charge on any atom is 0.244 e. The number of imidazole rings is 1. The third-order valence-corrected chi connectivity index (χ3v) is 6.07. The molecular formula is C22H18BrFN4O2S. The van der Waals surface area contributed by atoms with Crippen molar-refractivity contribution in [3.05, 3.63) is 76.8 Å². The van der Waals surface area contributed by atoms with Crippen molar-refractivity contribution in [2.24, 2.45) is 0 Å². The summed E-state index contributed by atoms with van der Waals surface area (Å²) in [6.07, 6.45) is 3.33. The van der Waals surface area contributed by atoms with Gasteiger partial charge in [-0.15, -0.1) is 0 Å². The van der Waals surface area contributed by atoms with E-state index < -0.39 is 5.82 Å². The van der Waals surface area contributed by atoms with Gasteiger partial charge in [-0.2, -0.15) is 0 Å². The number of hydrogen-bond donors (Lipinski definition) is 1. The van der Waals surface area contributed by atoms with E-state index >= 15 is 0 Å². The van der Waals surface area contributed by atoms with Gasteiger partial charge in [-0.3, -0.25) is 9.78 Å². The van der Waals surface area contributed by atoms with Crippen LogP contribution in [-0.4, -0.2) is 27.6 Å². The van der Waals surface area contributed by atoms with Crippen molar-refractivity contribution < 1.29 is 13.9 Å². The highest BCUT2D eigenvalue weighted by atomic mass is 79.9. The van der Waals surface area contributed by atoms with Crippen LogP contribution in [0.2, 0.25) is 0 Å². The molecule has 0 atom stereocenters. The number of halogens is 2. The number of pyridine rings is 1. The van der Waals surface area contributed by atoms with Crippen LogP contribution in [0.25, 0.3) is 11.0 Å². The smallest absolute Gasteiger partial charge is 0.244 e. The van der Waals surface area contributed by atoms with E-state index in [0.29, 0.717) is 15.4 Å². The lowest BCUT2D eigenvalue weighted by molar-refractivity contribution is -0.116. The van der Waals surface area contributed by atoms with Gasteiger partial charge in [-0.1, -0.05) is 39.8 Å². The van der Waals surface area contributed by atoms with E-state index in [9.17, 15) is 9.18 Å². The highest BCUT2D eigenvalue weighted by molar-refractivity contribution is 9.10. The first kappa shape index (κ1) is 21.3. The number of nitrogens with one attached hydrogen (secondary N) is 1. The number of nitrogens with zero attached hydrogens (tertiary/aromatic N) is 3. The Morgan fingerprint density at radius 2 is 2.13 bits per heavy atom. The summed E-state index contributed by atoms with van der Waals surface area (Å²) in [6, 6.07) is 14.1. The minimum Gasteiger partial charge on any atom is -0.497 e. The van der Waals surface area contributed by atoms with Crippen LogP contribution >= 0.6 is 27.7 Å². The molecule has 4 rings (SSSR count).